The summed E-state index contributed by atoms with van der Waals surface area (Å²) in [6.45, 7) is 1.83. The minimum atomic E-state index is -0.904. The molecule has 0 N–H and O–H groups in total. The number of hydrogen-bond donors (Lipinski definition) is 0. The molecule has 0 saturated carbocycles. The number of rotatable bonds is 3. The maximum absolute atomic E-state index is 14.5. The number of halogens is 4. The van der Waals surface area contributed by atoms with Gasteiger partial charge in [-0.3, -0.25) is 0 Å². The number of hydrogen-bond acceptors (Lipinski definition) is 0. The van der Waals surface area contributed by atoms with Gasteiger partial charge in [0.25, 0.3) is 0 Å². The summed E-state index contributed by atoms with van der Waals surface area (Å²) in [6, 6.07) is 17.1. The second-order valence-corrected chi connectivity index (χ2v) is 7.46. The summed E-state index contributed by atoms with van der Waals surface area (Å²) < 4.78 is 55.6. The Bertz CT molecular complexity index is 1340. The van der Waals surface area contributed by atoms with Crippen LogP contribution < -0.4 is 0 Å². The Hall–Kier alpha value is -3.58. The molecule has 0 fully saturated rings. The Kier molecular flexibility index (Phi) is 5.77. The van der Waals surface area contributed by atoms with Crippen molar-refractivity contribution in [3.05, 3.63) is 118 Å². The molecule has 4 aromatic carbocycles. The first-order valence-corrected chi connectivity index (χ1v) is 9.84. The lowest BCUT2D eigenvalue weighted by Gasteiger charge is -2.06. The lowest BCUT2D eigenvalue weighted by Crippen LogP contribution is -1.97. The van der Waals surface area contributed by atoms with Gasteiger partial charge in [0.2, 0.25) is 0 Å². The molecule has 31 heavy (non-hydrogen) atoms. The summed E-state index contributed by atoms with van der Waals surface area (Å²) in [7, 11) is 0. The van der Waals surface area contributed by atoms with Gasteiger partial charge < -0.3 is 0 Å². The van der Waals surface area contributed by atoms with E-state index in [0.717, 1.165) is 17.2 Å². The van der Waals surface area contributed by atoms with Crippen LogP contribution in [0.3, 0.4) is 0 Å². The van der Waals surface area contributed by atoms with Crippen LogP contribution in [0.15, 0.2) is 66.7 Å². The molecule has 0 aliphatic rings. The molecule has 154 valence electrons. The van der Waals surface area contributed by atoms with Crippen LogP contribution in [0, 0.1) is 42.0 Å². The van der Waals surface area contributed by atoms with E-state index in [1.54, 1.807) is 30.3 Å². The topological polar surface area (TPSA) is 0 Å². The molecule has 0 bridgehead atoms. The molecular formula is C27H18F4. The van der Waals surface area contributed by atoms with E-state index in [1.165, 1.54) is 24.3 Å². The van der Waals surface area contributed by atoms with Gasteiger partial charge >= 0.3 is 0 Å². The molecule has 0 saturated heterocycles. The van der Waals surface area contributed by atoms with Crippen molar-refractivity contribution in [2.45, 2.75) is 19.8 Å². The van der Waals surface area contributed by atoms with Gasteiger partial charge in [-0.25, -0.2) is 17.6 Å². The van der Waals surface area contributed by atoms with Gasteiger partial charge in [-0.2, -0.15) is 0 Å². The van der Waals surface area contributed by atoms with E-state index in [2.05, 4.69) is 11.8 Å². The molecule has 0 aliphatic heterocycles. The normalized spacial score (nSPS) is 10.7. The van der Waals surface area contributed by atoms with Gasteiger partial charge in [0.1, 0.15) is 11.6 Å². The zero-order chi connectivity index (χ0) is 22.0. The summed E-state index contributed by atoms with van der Waals surface area (Å²) in [5, 5.41) is 0.691. The maximum Gasteiger partial charge on any atom is 0.166 e. The molecular weight excluding hydrogens is 400 g/mol. The Morgan fingerprint density at radius 3 is 2.29 bits per heavy atom. The molecule has 0 atom stereocenters. The average Bonchev–Trinajstić information content (AvgIpc) is 2.75. The van der Waals surface area contributed by atoms with Crippen LogP contribution in [0.25, 0.3) is 10.8 Å². The van der Waals surface area contributed by atoms with Crippen molar-refractivity contribution in [3.63, 3.8) is 0 Å². The molecule has 4 heteroatoms. The predicted molar refractivity (Wildman–Crippen MR) is 115 cm³/mol. The Balaban J connectivity index is 1.51. The van der Waals surface area contributed by atoms with Crippen LogP contribution in [-0.2, 0) is 12.8 Å². The fourth-order valence-corrected chi connectivity index (χ4v) is 3.43. The summed E-state index contributed by atoms with van der Waals surface area (Å²) in [6.07, 6.45) is 0.988. The second-order valence-electron chi connectivity index (χ2n) is 7.46. The third-order valence-electron chi connectivity index (χ3n) is 5.17. The van der Waals surface area contributed by atoms with Gasteiger partial charge in [-0.15, -0.1) is 0 Å². The van der Waals surface area contributed by atoms with Crippen LogP contribution in [0.2, 0.25) is 0 Å². The Morgan fingerprint density at radius 1 is 0.677 bits per heavy atom. The lowest BCUT2D eigenvalue weighted by atomic mass is 10.0. The number of aryl methyl sites for hydroxylation is 3. The zero-order valence-corrected chi connectivity index (χ0v) is 16.8. The third kappa shape index (κ3) is 4.62. The van der Waals surface area contributed by atoms with Gasteiger partial charge in [0, 0.05) is 10.9 Å². The van der Waals surface area contributed by atoms with Crippen LogP contribution >= 0.6 is 0 Å². The molecule has 0 amide bonds. The minimum absolute atomic E-state index is 0.172. The van der Waals surface area contributed by atoms with Crippen molar-refractivity contribution < 1.29 is 17.6 Å². The van der Waals surface area contributed by atoms with Crippen molar-refractivity contribution in [1.82, 2.24) is 0 Å². The molecule has 0 spiro atoms. The molecule has 0 unspecified atom stereocenters. The van der Waals surface area contributed by atoms with Gasteiger partial charge in [0.15, 0.2) is 11.6 Å². The minimum Gasteiger partial charge on any atom is -0.207 e. The molecule has 4 aromatic rings. The first-order chi connectivity index (χ1) is 14.9. The van der Waals surface area contributed by atoms with Crippen molar-refractivity contribution in [2.75, 3.05) is 0 Å². The van der Waals surface area contributed by atoms with E-state index in [9.17, 15) is 17.6 Å². The standard InChI is InChI=1S/C27H18F4/c1-17-2-7-20(25(29)14-17)9-4-19-5-10-21(26(30)16-19)8-3-18-6-12-23-22(15-18)11-13-24(28)27(23)31/h2,5-7,10-16H,4,9H2,1H3. The van der Waals surface area contributed by atoms with Gasteiger partial charge in [-0.1, -0.05) is 42.2 Å². The van der Waals surface area contributed by atoms with Crippen molar-refractivity contribution >= 4 is 10.8 Å². The van der Waals surface area contributed by atoms with Crippen LogP contribution in [0.1, 0.15) is 27.8 Å². The van der Waals surface area contributed by atoms with Crippen molar-refractivity contribution in [3.8, 4) is 11.8 Å². The van der Waals surface area contributed by atoms with E-state index in [4.69, 9.17) is 0 Å². The van der Waals surface area contributed by atoms with E-state index < -0.39 is 17.5 Å². The van der Waals surface area contributed by atoms with Crippen molar-refractivity contribution in [1.29, 1.82) is 0 Å². The van der Waals surface area contributed by atoms with Gasteiger partial charge in [-0.05, 0) is 78.2 Å². The first-order valence-electron chi connectivity index (χ1n) is 9.84. The molecule has 0 aromatic heterocycles. The number of benzene rings is 4. The summed E-state index contributed by atoms with van der Waals surface area (Å²) in [5.74, 6) is 3.14. The molecule has 0 nitrogen and oxygen atoms in total. The van der Waals surface area contributed by atoms with Crippen LogP contribution in [-0.4, -0.2) is 0 Å². The fourth-order valence-electron chi connectivity index (χ4n) is 3.43. The van der Waals surface area contributed by atoms with Crippen LogP contribution in [0.5, 0.6) is 0 Å². The first kappa shape index (κ1) is 20.7. The summed E-state index contributed by atoms with van der Waals surface area (Å²) in [5.41, 5.74) is 3.01. The largest absolute Gasteiger partial charge is 0.207 e. The summed E-state index contributed by atoms with van der Waals surface area (Å²) in [4.78, 5) is 0. The Labute approximate surface area is 178 Å². The highest BCUT2D eigenvalue weighted by molar-refractivity contribution is 5.84. The second kappa shape index (κ2) is 8.65. The summed E-state index contributed by atoms with van der Waals surface area (Å²) >= 11 is 0. The monoisotopic (exact) mass is 418 g/mol. The molecule has 4 rings (SSSR count). The van der Waals surface area contributed by atoms with Crippen molar-refractivity contribution in [2.24, 2.45) is 0 Å². The predicted octanol–water partition coefficient (Wildman–Crippen LogP) is 6.89. The zero-order valence-electron chi connectivity index (χ0n) is 16.8. The lowest BCUT2D eigenvalue weighted by molar-refractivity contribution is 0.517. The highest BCUT2D eigenvalue weighted by Gasteiger charge is 2.08. The Morgan fingerprint density at radius 2 is 1.52 bits per heavy atom. The highest BCUT2D eigenvalue weighted by atomic mass is 19.2. The number of fused-ring (bicyclic) bond motifs is 1. The smallest absolute Gasteiger partial charge is 0.166 e. The van der Waals surface area contributed by atoms with Crippen LogP contribution in [0.4, 0.5) is 17.6 Å². The quantitative estimate of drug-likeness (QED) is 0.251. The van der Waals surface area contributed by atoms with Gasteiger partial charge in [0.05, 0.1) is 5.56 Å². The fraction of sp³-hybridized carbons (Fsp3) is 0.111. The molecule has 0 aliphatic carbocycles. The van der Waals surface area contributed by atoms with E-state index in [1.807, 2.05) is 13.0 Å². The average molecular weight is 418 g/mol. The highest BCUT2D eigenvalue weighted by Crippen LogP contribution is 2.21. The van der Waals surface area contributed by atoms with E-state index in [-0.39, 0.29) is 16.8 Å². The molecule has 0 radical (unpaired) electrons. The SMILES string of the molecule is Cc1ccc(CCc2ccc(C#Cc3ccc4c(F)c(F)ccc4c3)c(F)c2)c(F)c1. The third-order valence-corrected chi connectivity index (χ3v) is 5.17. The van der Waals surface area contributed by atoms with E-state index >= 15 is 0 Å². The maximum atomic E-state index is 14.5. The molecule has 0 heterocycles. The van der Waals surface area contributed by atoms with E-state index in [0.29, 0.717) is 29.4 Å².